The number of thiol groups is 1. The number of carbonyl (C=O) groups is 1. The zero-order chi connectivity index (χ0) is 11.4. The Morgan fingerprint density at radius 2 is 2.44 bits per heavy atom. The summed E-state index contributed by atoms with van der Waals surface area (Å²) in [6.07, 6.45) is 7.82. The van der Waals surface area contributed by atoms with E-state index in [9.17, 15) is 4.79 Å². The molecule has 0 bridgehead atoms. The number of hydrogen-bond donors (Lipinski definition) is 2. The van der Waals surface area contributed by atoms with Crippen molar-refractivity contribution in [2.75, 3.05) is 6.54 Å². The molecule has 1 aliphatic carbocycles. The third-order valence-electron chi connectivity index (χ3n) is 2.74. The van der Waals surface area contributed by atoms with Crippen molar-refractivity contribution in [3.05, 3.63) is 28.5 Å². The zero-order valence-corrected chi connectivity index (χ0v) is 10.7. The van der Waals surface area contributed by atoms with Crippen LogP contribution in [0, 0.1) is 5.92 Å². The SMILES string of the molecule is O=C(NCC1CC=CCC1)c1cc(S)cs1. The fourth-order valence-electron chi connectivity index (χ4n) is 1.81. The van der Waals surface area contributed by atoms with Crippen molar-refractivity contribution in [2.45, 2.75) is 24.2 Å². The quantitative estimate of drug-likeness (QED) is 0.629. The van der Waals surface area contributed by atoms with E-state index in [4.69, 9.17) is 0 Å². The molecule has 1 aromatic rings. The van der Waals surface area contributed by atoms with E-state index in [1.807, 2.05) is 11.4 Å². The fourth-order valence-corrected chi connectivity index (χ4v) is 2.88. The second-order valence-corrected chi connectivity index (χ2v) is 5.46. The molecule has 0 fully saturated rings. The molecule has 0 aromatic carbocycles. The number of carbonyl (C=O) groups excluding carboxylic acids is 1. The molecule has 0 spiro atoms. The van der Waals surface area contributed by atoms with E-state index in [0.717, 1.165) is 29.2 Å². The summed E-state index contributed by atoms with van der Waals surface area (Å²) >= 11 is 5.63. The Morgan fingerprint density at radius 3 is 3.06 bits per heavy atom. The van der Waals surface area contributed by atoms with Crippen LogP contribution in [0.3, 0.4) is 0 Å². The van der Waals surface area contributed by atoms with Gasteiger partial charge in [0.25, 0.3) is 5.91 Å². The van der Waals surface area contributed by atoms with E-state index in [0.29, 0.717) is 5.92 Å². The van der Waals surface area contributed by atoms with Gasteiger partial charge >= 0.3 is 0 Å². The maximum absolute atomic E-state index is 11.7. The molecule has 1 aromatic heterocycles. The van der Waals surface area contributed by atoms with Gasteiger partial charge in [-0.15, -0.1) is 24.0 Å². The third kappa shape index (κ3) is 3.12. The van der Waals surface area contributed by atoms with Crippen LogP contribution >= 0.6 is 24.0 Å². The van der Waals surface area contributed by atoms with Gasteiger partial charge in [0.05, 0.1) is 4.88 Å². The summed E-state index contributed by atoms with van der Waals surface area (Å²) in [5.74, 6) is 0.629. The minimum absolute atomic E-state index is 0.0276. The summed E-state index contributed by atoms with van der Waals surface area (Å²) in [7, 11) is 0. The van der Waals surface area contributed by atoms with Gasteiger partial charge in [-0.25, -0.2) is 0 Å². The van der Waals surface area contributed by atoms with Gasteiger partial charge in [-0.2, -0.15) is 0 Å². The Balaban J connectivity index is 1.81. The fraction of sp³-hybridized carbons (Fsp3) is 0.417. The lowest BCUT2D eigenvalue weighted by Crippen LogP contribution is -2.29. The van der Waals surface area contributed by atoms with E-state index < -0.39 is 0 Å². The number of hydrogen-bond acceptors (Lipinski definition) is 3. The van der Waals surface area contributed by atoms with Gasteiger partial charge in [-0.1, -0.05) is 12.2 Å². The first-order valence-corrected chi connectivity index (χ1v) is 6.79. The average Bonchev–Trinajstić information content (AvgIpc) is 2.74. The Hall–Kier alpha value is -0.740. The highest BCUT2D eigenvalue weighted by atomic mass is 32.1. The van der Waals surface area contributed by atoms with Crippen molar-refractivity contribution in [1.29, 1.82) is 0 Å². The molecule has 0 saturated carbocycles. The minimum atomic E-state index is 0.0276. The molecular formula is C12H15NOS2. The summed E-state index contributed by atoms with van der Waals surface area (Å²) in [4.78, 5) is 13.4. The van der Waals surface area contributed by atoms with Crippen LogP contribution in [-0.4, -0.2) is 12.5 Å². The van der Waals surface area contributed by atoms with Crippen LogP contribution < -0.4 is 5.32 Å². The van der Waals surface area contributed by atoms with Crippen molar-refractivity contribution < 1.29 is 4.79 Å². The monoisotopic (exact) mass is 253 g/mol. The lowest BCUT2D eigenvalue weighted by atomic mass is 9.94. The number of nitrogens with one attached hydrogen (secondary N) is 1. The summed E-state index contributed by atoms with van der Waals surface area (Å²) < 4.78 is 0. The minimum Gasteiger partial charge on any atom is -0.351 e. The Morgan fingerprint density at radius 1 is 1.56 bits per heavy atom. The number of rotatable bonds is 3. The highest BCUT2D eigenvalue weighted by Crippen LogP contribution is 2.19. The maximum Gasteiger partial charge on any atom is 0.261 e. The van der Waals surface area contributed by atoms with Gasteiger partial charge in [0.1, 0.15) is 0 Å². The van der Waals surface area contributed by atoms with Gasteiger partial charge in [0, 0.05) is 16.8 Å². The molecule has 0 saturated heterocycles. The molecular weight excluding hydrogens is 238 g/mol. The maximum atomic E-state index is 11.7. The molecule has 16 heavy (non-hydrogen) atoms. The van der Waals surface area contributed by atoms with Crippen LogP contribution in [-0.2, 0) is 0 Å². The predicted molar refractivity (Wildman–Crippen MR) is 70.4 cm³/mol. The molecule has 2 nitrogen and oxygen atoms in total. The molecule has 2 rings (SSSR count). The smallest absolute Gasteiger partial charge is 0.261 e. The number of thiophene rings is 1. The van der Waals surface area contributed by atoms with Crippen molar-refractivity contribution in [3.8, 4) is 0 Å². The van der Waals surface area contributed by atoms with Gasteiger partial charge < -0.3 is 5.32 Å². The van der Waals surface area contributed by atoms with Crippen molar-refractivity contribution in [1.82, 2.24) is 5.32 Å². The largest absolute Gasteiger partial charge is 0.351 e. The molecule has 1 amide bonds. The molecule has 1 unspecified atom stereocenters. The summed E-state index contributed by atoms with van der Waals surface area (Å²) in [6, 6.07) is 1.81. The first-order chi connectivity index (χ1) is 7.75. The summed E-state index contributed by atoms with van der Waals surface area (Å²) in [5, 5.41) is 4.86. The van der Waals surface area contributed by atoms with Crippen LogP contribution in [0.2, 0.25) is 0 Å². The van der Waals surface area contributed by atoms with Gasteiger partial charge in [-0.3, -0.25) is 4.79 Å². The Kier molecular flexibility index (Phi) is 4.07. The molecule has 86 valence electrons. The van der Waals surface area contributed by atoms with Crippen molar-refractivity contribution >= 4 is 29.9 Å². The van der Waals surface area contributed by atoms with E-state index in [1.165, 1.54) is 17.8 Å². The van der Waals surface area contributed by atoms with E-state index >= 15 is 0 Å². The van der Waals surface area contributed by atoms with E-state index in [1.54, 1.807) is 0 Å². The number of allylic oxidation sites excluding steroid dienone is 2. The topological polar surface area (TPSA) is 29.1 Å². The van der Waals surface area contributed by atoms with Crippen molar-refractivity contribution in [3.63, 3.8) is 0 Å². The lowest BCUT2D eigenvalue weighted by molar-refractivity contribution is 0.0950. The second-order valence-electron chi connectivity index (χ2n) is 4.03. The summed E-state index contributed by atoms with van der Waals surface area (Å²) in [5.41, 5.74) is 0. The molecule has 1 aliphatic rings. The van der Waals surface area contributed by atoms with Crippen LogP contribution in [0.1, 0.15) is 28.9 Å². The standard InChI is InChI=1S/C12H15NOS2/c14-12(11-6-10(15)8-16-11)13-7-9-4-2-1-3-5-9/h1-2,6,8-9,15H,3-5,7H2,(H,13,14). The zero-order valence-electron chi connectivity index (χ0n) is 8.98. The molecule has 1 atom stereocenters. The number of amides is 1. The summed E-state index contributed by atoms with van der Waals surface area (Å²) in [6.45, 7) is 0.781. The first-order valence-electron chi connectivity index (χ1n) is 5.46. The predicted octanol–water partition coefficient (Wildman–Crippen LogP) is 3.12. The van der Waals surface area contributed by atoms with Crippen molar-refractivity contribution in [2.24, 2.45) is 5.92 Å². The van der Waals surface area contributed by atoms with Gasteiger partial charge in [0.15, 0.2) is 0 Å². The third-order valence-corrected chi connectivity index (χ3v) is 4.10. The van der Waals surface area contributed by atoms with Gasteiger partial charge in [-0.05, 0) is 31.2 Å². The molecule has 4 heteroatoms. The first kappa shape index (κ1) is 11.7. The second kappa shape index (κ2) is 5.55. The highest BCUT2D eigenvalue weighted by Gasteiger charge is 2.13. The van der Waals surface area contributed by atoms with Crippen LogP contribution in [0.25, 0.3) is 0 Å². The molecule has 1 heterocycles. The average molecular weight is 253 g/mol. The lowest BCUT2D eigenvalue weighted by Gasteiger charge is -2.17. The molecule has 1 N–H and O–H groups in total. The normalized spacial score (nSPS) is 19.7. The Labute approximate surface area is 105 Å². The van der Waals surface area contributed by atoms with Crippen LogP contribution in [0.4, 0.5) is 0 Å². The molecule has 0 radical (unpaired) electrons. The molecule has 0 aliphatic heterocycles. The Bertz CT molecular complexity index is 397. The van der Waals surface area contributed by atoms with Crippen LogP contribution in [0.15, 0.2) is 28.5 Å². The highest BCUT2D eigenvalue weighted by molar-refractivity contribution is 7.80. The van der Waals surface area contributed by atoms with E-state index in [-0.39, 0.29) is 5.91 Å². The van der Waals surface area contributed by atoms with Gasteiger partial charge in [0.2, 0.25) is 0 Å². The van der Waals surface area contributed by atoms with E-state index in [2.05, 4.69) is 30.1 Å². The van der Waals surface area contributed by atoms with Crippen LogP contribution in [0.5, 0.6) is 0 Å².